The number of hydrogen-bond acceptors (Lipinski definition) is 3. The van der Waals surface area contributed by atoms with Gasteiger partial charge in [-0.3, -0.25) is 9.59 Å². The Morgan fingerprint density at radius 3 is 2.67 bits per heavy atom. The normalized spacial score (nSPS) is 10.0. The molecule has 0 saturated carbocycles. The summed E-state index contributed by atoms with van der Waals surface area (Å²) >= 11 is 0. The summed E-state index contributed by atoms with van der Waals surface area (Å²) in [4.78, 5) is 23.0. The van der Waals surface area contributed by atoms with E-state index in [1.807, 2.05) is 0 Å². The van der Waals surface area contributed by atoms with Crippen LogP contribution in [0.2, 0.25) is 0 Å². The number of furan rings is 1. The maximum atomic E-state index is 11.3. The molecule has 1 aromatic rings. The maximum Gasteiger partial charge on any atom is 0.312 e. The summed E-state index contributed by atoms with van der Waals surface area (Å²) in [5, 5.41) is 8.45. The van der Waals surface area contributed by atoms with Crippen LogP contribution in [0.15, 0.2) is 16.7 Å². The van der Waals surface area contributed by atoms with Crippen LogP contribution in [-0.2, 0) is 16.1 Å². The van der Waals surface area contributed by atoms with Crippen LogP contribution >= 0.6 is 0 Å². The lowest BCUT2D eigenvalue weighted by molar-refractivity contribution is -0.143. The van der Waals surface area contributed by atoms with Gasteiger partial charge in [0.05, 0.1) is 6.26 Å². The molecule has 15 heavy (non-hydrogen) atoms. The Kier molecular flexibility index (Phi) is 3.49. The number of amides is 1. The van der Waals surface area contributed by atoms with Gasteiger partial charge >= 0.3 is 5.97 Å². The van der Waals surface area contributed by atoms with Crippen LogP contribution in [0.4, 0.5) is 0 Å². The summed E-state index contributed by atoms with van der Waals surface area (Å²) in [5.41, 5.74) is 0.885. The quantitative estimate of drug-likeness (QED) is 0.755. The SMILES string of the molecule is Cc1occc1CN(C)C(=O)CC(=O)O. The molecule has 5 nitrogen and oxygen atoms in total. The summed E-state index contributed by atoms with van der Waals surface area (Å²) < 4.78 is 5.07. The number of carbonyl (C=O) groups excluding carboxylic acids is 1. The van der Waals surface area contributed by atoms with Gasteiger partial charge in [0.2, 0.25) is 5.91 Å². The van der Waals surface area contributed by atoms with Gasteiger partial charge in [0.25, 0.3) is 0 Å². The van der Waals surface area contributed by atoms with Crippen molar-refractivity contribution in [2.75, 3.05) is 7.05 Å². The third-order valence-corrected chi connectivity index (χ3v) is 2.10. The van der Waals surface area contributed by atoms with Crippen molar-refractivity contribution in [3.8, 4) is 0 Å². The molecule has 0 aliphatic heterocycles. The van der Waals surface area contributed by atoms with Crippen LogP contribution in [0, 0.1) is 6.92 Å². The standard InChI is InChI=1S/C10H13NO4/c1-7-8(3-4-15-7)6-11(2)9(12)5-10(13)14/h3-4H,5-6H2,1-2H3,(H,13,14). The van der Waals surface area contributed by atoms with Crippen LogP contribution in [0.3, 0.4) is 0 Å². The summed E-state index contributed by atoms with van der Waals surface area (Å²) in [7, 11) is 1.57. The van der Waals surface area contributed by atoms with E-state index in [2.05, 4.69) is 0 Å². The fraction of sp³-hybridized carbons (Fsp3) is 0.400. The Bertz CT molecular complexity index is 369. The van der Waals surface area contributed by atoms with Crippen LogP contribution in [0.5, 0.6) is 0 Å². The first-order chi connectivity index (χ1) is 7.00. The number of nitrogens with zero attached hydrogens (tertiary/aromatic N) is 1. The lowest BCUT2D eigenvalue weighted by Crippen LogP contribution is -2.28. The van der Waals surface area contributed by atoms with Gasteiger partial charge in [0.1, 0.15) is 12.2 Å². The van der Waals surface area contributed by atoms with Crippen molar-refractivity contribution in [2.24, 2.45) is 0 Å². The molecule has 1 N–H and O–H groups in total. The fourth-order valence-electron chi connectivity index (χ4n) is 1.18. The zero-order valence-corrected chi connectivity index (χ0v) is 8.69. The largest absolute Gasteiger partial charge is 0.481 e. The molecular weight excluding hydrogens is 198 g/mol. The highest BCUT2D eigenvalue weighted by Gasteiger charge is 2.14. The second-order valence-electron chi connectivity index (χ2n) is 3.32. The van der Waals surface area contributed by atoms with Crippen LogP contribution in [0.1, 0.15) is 17.7 Å². The zero-order valence-electron chi connectivity index (χ0n) is 8.69. The molecule has 0 aliphatic rings. The minimum absolute atomic E-state index is 0.369. The van der Waals surface area contributed by atoms with Crippen molar-refractivity contribution < 1.29 is 19.1 Å². The average Bonchev–Trinajstić information content (AvgIpc) is 2.50. The molecule has 0 unspecified atom stereocenters. The van der Waals surface area contributed by atoms with Gasteiger partial charge in [-0.1, -0.05) is 0 Å². The van der Waals surface area contributed by atoms with Gasteiger partial charge in [-0.15, -0.1) is 0 Å². The van der Waals surface area contributed by atoms with Crippen molar-refractivity contribution in [3.63, 3.8) is 0 Å². The number of rotatable bonds is 4. The Balaban J connectivity index is 2.56. The molecule has 0 aromatic carbocycles. The van der Waals surface area contributed by atoms with E-state index in [1.54, 1.807) is 26.3 Å². The van der Waals surface area contributed by atoms with E-state index in [9.17, 15) is 9.59 Å². The maximum absolute atomic E-state index is 11.3. The van der Waals surface area contributed by atoms with Crippen LogP contribution in [-0.4, -0.2) is 28.9 Å². The molecule has 1 heterocycles. The summed E-state index contributed by atoms with van der Waals surface area (Å²) in [6, 6.07) is 1.76. The number of hydrogen-bond donors (Lipinski definition) is 1. The van der Waals surface area contributed by atoms with Gasteiger partial charge in [0.15, 0.2) is 0 Å². The number of aliphatic carboxylic acids is 1. The number of carbonyl (C=O) groups is 2. The monoisotopic (exact) mass is 211 g/mol. The summed E-state index contributed by atoms with van der Waals surface area (Å²) in [6.45, 7) is 2.17. The predicted molar refractivity (Wildman–Crippen MR) is 52.2 cm³/mol. The molecule has 1 amide bonds. The molecule has 0 saturated heterocycles. The first-order valence-electron chi connectivity index (χ1n) is 4.49. The van der Waals surface area contributed by atoms with E-state index in [-0.39, 0.29) is 0 Å². The van der Waals surface area contributed by atoms with Crippen molar-refractivity contribution in [1.82, 2.24) is 4.90 Å². The Hall–Kier alpha value is -1.78. The first-order valence-corrected chi connectivity index (χ1v) is 4.49. The Morgan fingerprint density at radius 2 is 2.20 bits per heavy atom. The van der Waals surface area contributed by atoms with E-state index in [1.165, 1.54) is 4.90 Å². The smallest absolute Gasteiger partial charge is 0.312 e. The van der Waals surface area contributed by atoms with Crippen molar-refractivity contribution in [1.29, 1.82) is 0 Å². The van der Waals surface area contributed by atoms with Gasteiger partial charge in [-0.05, 0) is 13.0 Å². The molecule has 0 radical (unpaired) electrons. The van der Waals surface area contributed by atoms with Crippen molar-refractivity contribution in [3.05, 3.63) is 23.7 Å². The third kappa shape index (κ3) is 3.12. The molecular formula is C10H13NO4. The molecule has 0 fully saturated rings. The van der Waals surface area contributed by atoms with Crippen molar-refractivity contribution >= 4 is 11.9 Å². The third-order valence-electron chi connectivity index (χ3n) is 2.10. The van der Waals surface area contributed by atoms with Gasteiger partial charge < -0.3 is 14.4 Å². The minimum Gasteiger partial charge on any atom is -0.481 e. The fourth-order valence-corrected chi connectivity index (χ4v) is 1.18. The molecule has 5 heteroatoms. The van der Waals surface area contributed by atoms with Gasteiger partial charge in [0, 0.05) is 19.2 Å². The highest BCUT2D eigenvalue weighted by molar-refractivity contribution is 5.93. The van der Waals surface area contributed by atoms with E-state index >= 15 is 0 Å². The first kappa shape index (κ1) is 11.3. The van der Waals surface area contributed by atoms with Crippen LogP contribution < -0.4 is 0 Å². The summed E-state index contributed by atoms with van der Waals surface area (Å²) in [5.74, 6) is -0.788. The molecule has 1 aromatic heterocycles. The van der Waals surface area contributed by atoms with Gasteiger partial charge in [-0.25, -0.2) is 0 Å². The average molecular weight is 211 g/mol. The molecule has 1 rings (SSSR count). The van der Waals surface area contributed by atoms with E-state index in [4.69, 9.17) is 9.52 Å². The lowest BCUT2D eigenvalue weighted by atomic mass is 10.2. The topological polar surface area (TPSA) is 70.8 Å². The lowest BCUT2D eigenvalue weighted by Gasteiger charge is -2.15. The Labute approximate surface area is 87.3 Å². The number of aryl methyl sites for hydroxylation is 1. The zero-order chi connectivity index (χ0) is 11.4. The van der Waals surface area contributed by atoms with Crippen LogP contribution in [0.25, 0.3) is 0 Å². The van der Waals surface area contributed by atoms with Crippen molar-refractivity contribution in [2.45, 2.75) is 19.9 Å². The second-order valence-corrected chi connectivity index (χ2v) is 3.32. The molecule has 0 bridgehead atoms. The second kappa shape index (κ2) is 4.63. The van der Waals surface area contributed by atoms with E-state index < -0.39 is 18.3 Å². The molecule has 0 aliphatic carbocycles. The van der Waals surface area contributed by atoms with E-state index in [0.717, 1.165) is 11.3 Å². The predicted octanol–water partition coefficient (Wildman–Crippen LogP) is 1.02. The minimum atomic E-state index is -1.12. The summed E-state index contributed by atoms with van der Waals surface area (Å²) in [6.07, 6.45) is 1.06. The molecule has 0 atom stereocenters. The van der Waals surface area contributed by atoms with E-state index in [0.29, 0.717) is 6.54 Å². The number of carboxylic acid groups (broad SMARTS) is 1. The van der Waals surface area contributed by atoms with Gasteiger partial charge in [-0.2, -0.15) is 0 Å². The Morgan fingerprint density at radius 1 is 1.53 bits per heavy atom. The number of carboxylic acids is 1. The molecule has 0 spiro atoms. The highest BCUT2D eigenvalue weighted by atomic mass is 16.4. The highest BCUT2D eigenvalue weighted by Crippen LogP contribution is 2.11. The molecule has 82 valence electrons.